The summed E-state index contributed by atoms with van der Waals surface area (Å²) in [6, 6.07) is 5.61. The molecule has 2 heterocycles. The zero-order chi connectivity index (χ0) is 11.8. The first-order valence-corrected chi connectivity index (χ1v) is 6.71. The average molecular weight is 293 g/mol. The Labute approximate surface area is 108 Å². The Morgan fingerprint density at radius 1 is 1.41 bits per heavy atom. The molecule has 3 nitrogen and oxygen atoms in total. The molecule has 1 fully saturated rings. The van der Waals surface area contributed by atoms with Gasteiger partial charge in [0, 0.05) is 6.20 Å². The molecule has 0 amide bonds. The highest BCUT2D eigenvalue weighted by Crippen LogP contribution is 2.33. The van der Waals surface area contributed by atoms with E-state index in [1.54, 1.807) is 10.6 Å². The van der Waals surface area contributed by atoms with Crippen molar-refractivity contribution in [2.45, 2.75) is 25.7 Å². The number of aryl methyl sites for hydroxylation is 1. The van der Waals surface area contributed by atoms with Crippen LogP contribution in [0.3, 0.4) is 0 Å². The number of halogens is 1. The van der Waals surface area contributed by atoms with E-state index in [0.717, 1.165) is 30.1 Å². The molecule has 4 heteroatoms. The first kappa shape index (κ1) is 11.0. The number of hydrogen-bond donors (Lipinski definition) is 0. The second-order valence-electron chi connectivity index (χ2n) is 4.59. The van der Waals surface area contributed by atoms with Crippen molar-refractivity contribution in [1.29, 1.82) is 0 Å². The molecule has 0 bridgehead atoms. The van der Waals surface area contributed by atoms with Gasteiger partial charge in [-0.05, 0) is 46.8 Å². The monoisotopic (exact) mass is 292 g/mol. The summed E-state index contributed by atoms with van der Waals surface area (Å²) in [6.45, 7) is 0. The van der Waals surface area contributed by atoms with E-state index in [4.69, 9.17) is 0 Å². The normalized spacial score (nSPS) is 15.4. The minimum atomic E-state index is -0.0126. The third kappa shape index (κ3) is 2.14. The maximum atomic E-state index is 12.1. The van der Waals surface area contributed by atoms with E-state index in [1.807, 2.05) is 18.2 Å². The van der Waals surface area contributed by atoms with Crippen LogP contribution in [0.2, 0.25) is 0 Å². The van der Waals surface area contributed by atoms with Crippen LogP contribution in [-0.2, 0) is 6.42 Å². The van der Waals surface area contributed by atoms with E-state index in [2.05, 4.69) is 20.9 Å². The molecule has 17 heavy (non-hydrogen) atoms. The van der Waals surface area contributed by atoms with Crippen molar-refractivity contribution in [3.8, 4) is 0 Å². The molecule has 0 aromatic carbocycles. The van der Waals surface area contributed by atoms with Gasteiger partial charge in [-0.1, -0.05) is 18.9 Å². The summed E-state index contributed by atoms with van der Waals surface area (Å²) in [6.07, 6.45) is 6.47. The van der Waals surface area contributed by atoms with Gasteiger partial charge in [0.25, 0.3) is 5.56 Å². The number of aromatic nitrogens is 2. The SMILES string of the molecule is O=c1c(Br)c(CCC2CC2)nc2ccccn12. The van der Waals surface area contributed by atoms with E-state index in [9.17, 15) is 4.79 Å². The fourth-order valence-corrected chi connectivity index (χ4v) is 2.50. The zero-order valence-corrected chi connectivity index (χ0v) is 11.0. The Hall–Kier alpha value is -1.16. The third-order valence-corrected chi connectivity index (χ3v) is 4.03. The second-order valence-corrected chi connectivity index (χ2v) is 5.38. The molecule has 1 saturated carbocycles. The smallest absolute Gasteiger partial charge is 0.268 e. The maximum absolute atomic E-state index is 12.1. The highest BCUT2D eigenvalue weighted by atomic mass is 79.9. The number of fused-ring (bicyclic) bond motifs is 1. The summed E-state index contributed by atoms with van der Waals surface area (Å²) in [5.74, 6) is 0.859. The van der Waals surface area contributed by atoms with Gasteiger partial charge in [0.15, 0.2) is 0 Å². The maximum Gasteiger partial charge on any atom is 0.272 e. The summed E-state index contributed by atoms with van der Waals surface area (Å²) in [7, 11) is 0. The van der Waals surface area contributed by atoms with Gasteiger partial charge < -0.3 is 0 Å². The van der Waals surface area contributed by atoms with E-state index >= 15 is 0 Å². The molecule has 0 unspecified atom stereocenters. The van der Waals surface area contributed by atoms with Crippen molar-refractivity contribution < 1.29 is 0 Å². The molecule has 1 aliphatic carbocycles. The first-order valence-electron chi connectivity index (χ1n) is 5.91. The van der Waals surface area contributed by atoms with Crippen LogP contribution in [0, 0.1) is 5.92 Å². The molecular formula is C13H13BrN2O. The number of rotatable bonds is 3. The predicted octanol–water partition coefficient (Wildman–Crippen LogP) is 2.80. The van der Waals surface area contributed by atoms with Crippen molar-refractivity contribution in [2.75, 3.05) is 0 Å². The number of hydrogen-bond acceptors (Lipinski definition) is 2. The molecule has 3 rings (SSSR count). The minimum Gasteiger partial charge on any atom is -0.268 e. The first-order chi connectivity index (χ1) is 8.25. The van der Waals surface area contributed by atoms with Gasteiger partial charge in [0.2, 0.25) is 0 Å². The fraction of sp³-hybridized carbons (Fsp3) is 0.385. The lowest BCUT2D eigenvalue weighted by Crippen LogP contribution is -2.18. The Morgan fingerprint density at radius 3 is 3.00 bits per heavy atom. The van der Waals surface area contributed by atoms with Crippen LogP contribution in [0.1, 0.15) is 25.0 Å². The lowest BCUT2D eigenvalue weighted by atomic mass is 10.2. The molecule has 2 aromatic rings. The van der Waals surface area contributed by atoms with Gasteiger partial charge in [0.1, 0.15) is 10.1 Å². The quantitative estimate of drug-likeness (QED) is 0.872. The van der Waals surface area contributed by atoms with Gasteiger partial charge in [-0.2, -0.15) is 0 Å². The molecule has 2 aromatic heterocycles. The van der Waals surface area contributed by atoms with Gasteiger partial charge in [-0.15, -0.1) is 0 Å². The number of nitrogens with zero attached hydrogens (tertiary/aromatic N) is 2. The van der Waals surface area contributed by atoms with Crippen LogP contribution in [0.5, 0.6) is 0 Å². The topological polar surface area (TPSA) is 34.4 Å². The van der Waals surface area contributed by atoms with Gasteiger partial charge in [-0.25, -0.2) is 4.98 Å². The summed E-state index contributed by atoms with van der Waals surface area (Å²) >= 11 is 3.38. The van der Waals surface area contributed by atoms with Crippen molar-refractivity contribution in [1.82, 2.24) is 9.38 Å². The fourth-order valence-electron chi connectivity index (χ4n) is 2.03. The highest BCUT2D eigenvalue weighted by molar-refractivity contribution is 9.10. The Morgan fingerprint density at radius 2 is 2.24 bits per heavy atom. The Balaban J connectivity index is 2.05. The van der Waals surface area contributed by atoms with Crippen LogP contribution in [0.4, 0.5) is 0 Å². The van der Waals surface area contributed by atoms with Crippen LogP contribution in [0.15, 0.2) is 33.7 Å². The van der Waals surface area contributed by atoms with Crippen molar-refractivity contribution in [2.24, 2.45) is 5.92 Å². The number of pyridine rings is 1. The van der Waals surface area contributed by atoms with Crippen molar-refractivity contribution in [3.63, 3.8) is 0 Å². The lowest BCUT2D eigenvalue weighted by Gasteiger charge is -2.06. The van der Waals surface area contributed by atoms with Crippen LogP contribution >= 0.6 is 15.9 Å². The van der Waals surface area contributed by atoms with Gasteiger partial charge >= 0.3 is 0 Å². The van der Waals surface area contributed by atoms with Gasteiger partial charge in [-0.3, -0.25) is 9.20 Å². The standard InChI is InChI=1S/C13H13BrN2O/c14-12-10(7-6-9-4-5-9)15-11-3-1-2-8-16(11)13(12)17/h1-3,8-9H,4-7H2. The molecule has 0 saturated heterocycles. The third-order valence-electron chi connectivity index (χ3n) is 3.23. The summed E-state index contributed by atoms with van der Waals surface area (Å²) in [5.41, 5.74) is 1.61. The summed E-state index contributed by atoms with van der Waals surface area (Å²) < 4.78 is 2.19. The van der Waals surface area contributed by atoms with E-state index in [0.29, 0.717) is 4.47 Å². The van der Waals surface area contributed by atoms with E-state index < -0.39 is 0 Å². The van der Waals surface area contributed by atoms with Crippen LogP contribution < -0.4 is 5.56 Å². The predicted molar refractivity (Wildman–Crippen MR) is 70.2 cm³/mol. The van der Waals surface area contributed by atoms with Crippen molar-refractivity contribution >= 4 is 21.6 Å². The molecule has 0 spiro atoms. The molecular weight excluding hydrogens is 280 g/mol. The van der Waals surface area contributed by atoms with Crippen LogP contribution in [0.25, 0.3) is 5.65 Å². The van der Waals surface area contributed by atoms with Gasteiger partial charge in [0.05, 0.1) is 5.69 Å². The second kappa shape index (κ2) is 4.26. The largest absolute Gasteiger partial charge is 0.272 e. The lowest BCUT2D eigenvalue weighted by molar-refractivity contribution is 0.709. The van der Waals surface area contributed by atoms with Crippen molar-refractivity contribution in [3.05, 3.63) is 44.9 Å². The molecule has 0 atom stereocenters. The van der Waals surface area contributed by atoms with E-state index in [1.165, 1.54) is 12.8 Å². The molecule has 0 N–H and O–H groups in total. The summed E-state index contributed by atoms with van der Waals surface area (Å²) in [5, 5.41) is 0. The molecule has 1 aliphatic rings. The minimum absolute atomic E-state index is 0.0126. The molecule has 88 valence electrons. The Kier molecular flexibility index (Phi) is 2.74. The summed E-state index contributed by atoms with van der Waals surface area (Å²) in [4.78, 5) is 16.6. The highest BCUT2D eigenvalue weighted by Gasteiger charge is 2.22. The molecule has 0 aliphatic heterocycles. The zero-order valence-electron chi connectivity index (χ0n) is 9.40. The van der Waals surface area contributed by atoms with E-state index in [-0.39, 0.29) is 5.56 Å². The molecule has 0 radical (unpaired) electrons. The van der Waals surface area contributed by atoms with Crippen LogP contribution in [-0.4, -0.2) is 9.38 Å². The average Bonchev–Trinajstić information content (AvgIpc) is 3.16. The Bertz CT molecular complexity index is 616.